The van der Waals surface area contributed by atoms with Gasteiger partial charge in [0, 0.05) is 19.3 Å². The predicted molar refractivity (Wildman–Crippen MR) is 270 cm³/mol. The van der Waals surface area contributed by atoms with Gasteiger partial charge in [-0.15, -0.1) is 0 Å². The zero-order valence-electron chi connectivity index (χ0n) is 42.1. The van der Waals surface area contributed by atoms with Crippen LogP contribution in [0.2, 0.25) is 0 Å². The second-order valence-corrected chi connectivity index (χ2v) is 18.5. The summed E-state index contributed by atoms with van der Waals surface area (Å²) in [6, 6.07) is 0. The molecule has 0 aromatic carbocycles. The topological polar surface area (TPSA) is 78.9 Å². The van der Waals surface area contributed by atoms with Gasteiger partial charge in [-0.3, -0.25) is 14.4 Å². The van der Waals surface area contributed by atoms with Crippen molar-refractivity contribution in [3.63, 3.8) is 0 Å². The van der Waals surface area contributed by atoms with E-state index in [1.807, 2.05) is 0 Å². The van der Waals surface area contributed by atoms with E-state index in [0.717, 1.165) is 83.5 Å². The van der Waals surface area contributed by atoms with Crippen LogP contribution in [0.4, 0.5) is 0 Å². The minimum atomic E-state index is -0.774. The van der Waals surface area contributed by atoms with E-state index in [4.69, 9.17) is 14.2 Å². The normalized spacial score (nSPS) is 12.2. The van der Waals surface area contributed by atoms with Gasteiger partial charge in [0.05, 0.1) is 0 Å². The molecule has 0 aliphatic rings. The minimum Gasteiger partial charge on any atom is -0.462 e. The highest BCUT2D eigenvalue weighted by Crippen LogP contribution is 2.16. The molecule has 1 atom stereocenters. The Morgan fingerprint density at radius 3 is 0.968 bits per heavy atom. The van der Waals surface area contributed by atoms with Gasteiger partial charge in [0.15, 0.2) is 6.10 Å². The van der Waals surface area contributed by atoms with Crippen LogP contribution >= 0.6 is 0 Å². The highest BCUT2D eigenvalue weighted by atomic mass is 16.6. The van der Waals surface area contributed by atoms with Gasteiger partial charge in [-0.25, -0.2) is 0 Å². The molecule has 0 bridgehead atoms. The molecule has 0 rings (SSSR count). The molecule has 0 amide bonds. The van der Waals surface area contributed by atoms with Crippen LogP contribution in [0.3, 0.4) is 0 Å². The first-order valence-electron chi connectivity index (χ1n) is 27.5. The summed E-state index contributed by atoms with van der Waals surface area (Å²) in [6.07, 6.45) is 61.3. The van der Waals surface area contributed by atoms with Crippen LogP contribution in [0.25, 0.3) is 0 Å². The fraction of sp³-hybridized carbons (Fsp3) is 0.842. The van der Waals surface area contributed by atoms with Gasteiger partial charge in [0.25, 0.3) is 0 Å². The van der Waals surface area contributed by atoms with Crippen molar-refractivity contribution in [2.24, 2.45) is 0 Å². The van der Waals surface area contributed by atoms with Crippen molar-refractivity contribution in [2.45, 2.75) is 297 Å². The molecule has 0 saturated carbocycles. The molecule has 0 heterocycles. The second kappa shape index (κ2) is 52.3. The van der Waals surface area contributed by atoms with Crippen LogP contribution in [0.1, 0.15) is 290 Å². The lowest BCUT2D eigenvalue weighted by Gasteiger charge is -2.18. The summed E-state index contributed by atoms with van der Waals surface area (Å²) in [4.78, 5) is 38.0. The number of ether oxygens (including phenoxy) is 3. The molecule has 0 spiro atoms. The Morgan fingerprint density at radius 1 is 0.333 bits per heavy atom. The van der Waals surface area contributed by atoms with Gasteiger partial charge in [-0.05, 0) is 51.4 Å². The zero-order valence-corrected chi connectivity index (χ0v) is 42.1. The monoisotopic (exact) mass is 885 g/mol. The molecule has 1 unspecified atom stereocenters. The lowest BCUT2D eigenvalue weighted by atomic mass is 10.0. The molecular formula is C57H104O6. The summed E-state index contributed by atoms with van der Waals surface area (Å²) in [6.45, 7) is 6.55. The van der Waals surface area contributed by atoms with E-state index < -0.39 is 6.10 Å². The Bertz CT molecular complexity index is 1060. The van der Waals surface area contributed by atoms with Crippen molar-refractivity contribution in [1.29, 1.82) is 0 Å². The van der Waals surface area contributed by atoms with Gasteiger partial charge in [-0.1, -0.05) is 256 Å². The summed E-state index contributed by atoms with van der Waals surface area (Å²) in [5.41, 5.74) is 0. The molecule has 63 heavy (non-hydrogen) atoms. The van der Waals surface area contributed by atoms with Crippen LogP contribution in [0.15, 0.2) is 36.5 Å². The van der Waals surface area contributed by atoms with Crippen molar-refractivity contribution in [3.05, 3.63) is 36.5 Å². The SMILES string of the molecule is CC/C=C\C/C=C\C/C=C\CCCCCCCCC(=O)OC(COC(=O)CCCCCCCCCCCCC)COC(=O)CCCCCCCCCCCCCCCCCCCC. The third kappa shape index (κ3) is 50.5. The molecule has 6 heteroatoms. The first-order chi connectivity index (χ1) is 31.0. The smallest absolute Gasteiger partial charge is 0.306 e. The van der Waals surface area contributed by atoms with E-state index in [9.17, 15) is 14.4 Å². The van der Waals surface area contributed by atoms with Crippen molar-refractivity contribution in [2.75, 3.05) is 13.2 Å². The van der Waals surface area contributed by atoms with E-state index >= 15 is 0 Å². The molecule has 0 aromatic heterocycles. The van der Waals surface area contributed by atoms with E-state index in [0.29, 0.717) is 19.3 Å². The number of hydrogen-bond donors (Lipinski definition) is 0. The molecule has 0 aromatic rings. The number of esters is 3. The summed E-state index contributed by atoms with van der Waals surface area (Å²) in [7, 11) is 0. The standard InChI is InChI=1S/C57H104O6/c1-4-7-10-13-16-19-22-24-26-28-29-31-32-35-38-41-44-47-50-56(59)62-53-54(52-61-55(58)49-46-43-40-37-34-21-18-15-12-9-6-3)63-57(60)51-48-45-42-39-36-33-30-27-25-23-20-17-14-11-8-5-2/h8,11,17,20,25,27,54H,4-7,9-10,12-16,18-19,21-24,26,28-53H2,1-3H3/b11-8-,20-17-,27-25-. The van der Waals surface area contributed by atoms with E-state index in [1.54, 1.807) is 0 Å². The van der Waals surface area contributed by atoms with Gasteiger partial charge < -0.3 is 14.2 Å². The van der Waals surface area contributed by atoms with Crippen LogP contribution in [0, 0.1) is 0 Å². The highest BCUT2D eigenvalue weighted by molar-refractivity contribution is 5.71. The van der Waals surface area contributed by atoms with Crippen molar-refractivity contribution >= 4 is 17.9 Å². The van der Waals surface area contributed by atoms with Crippen LogP contribution < -0.4 is 0 Å². The Kier molecular flexibility index (Phi) is 50.3. The van der Waals surface area contributed by atoms with E-state index in [2.05, 4.69) is 57.2 Å². The van der Waals surface area contributed by atoms with E-state index in [-0.39, 0.29) is 31.1 Å². The lowest BCUT2D eigenvalue weighted by molar-refractivity contribution is -0.167. The lowest BCUT2D eigenvalue weighted by Crippen LogP contribution is -2.30. The molecule has 6 nitrogen and oxygen atoms in total. The van der Waals surface area contributed by atoms with Crippen molar-refractivity contribution < 1.29 is 28.6 Å². The molecule has 0 radical (unpaired) electrons. The van der Waals surface area contributed by atoms with Crippen molar-refractivity contribution in [3.8, 4) is 0 Å². The summed E-state index contributed by atoms with van der Waals surface area (Å²) < 4.78 is 16.8. The first kappa shape index (κ1) is 60.6. The molecule has 0 saturated heterocycles. The average Bonchev–Trinajstić information content (AvgIpc) is 3.28. The maximum Gasteiger partial charge on any atom is 0.306 e. The third-order valence-electron chi connectivity index (χ3n) is 12.2. The largest absolute Gasteiger partial charge is 0.462 e. The third-order valence-corrected chi connectivity index (χ3v) is 12.2. The number of carbonyl (C=O) groups excluding carboxylic acids is 3. The van der Waals surface area contributed by atoms with E-state index in [1.165, 1.54) is 167 Å². The number of carbonyl (C=O) groups is 3. The Morgan fingerprint density at radius 2 is 0.619 bits per heavy atom. The maximum absolute atomic E-state index is 12.8. The van der Waals surface area contributed by atoms with Crippen LogP contribution in [-0.4, -0.2) is 37.2 Å². The molecule has 0 N–H and O–H groups in total. The average molecular weight is 885 g/mol. The summed E-state index contributed by atoms with van der Waals surface area (Å²) in [5.74, 6) is -0.871. The van der Waals surface area contributed by atoms with Crippen LogP contribution in [-0.2, 0) is 28.6 Å². The molecule has 0 fully saturated rings. The Balaban J connectivity index is 4.31. The Labute approximate surface area is 391 Å². The zero-order chi connectivity index (χ0) is 45.8. The van der Waals surface area contributed by atoms with Gasteiger partial charge >= 0.3 is 17.9 Å². The quantitative estimate of drug-likeness (QED) is 0.0262. The Hall–Kier alpha value is -2.37. The number of allylic oxidation sites excluding steroid dienone is 6. The minimum absolute atomic E-state index is 0.0730. The van der Waals surface area contributed by atoms with Gasteiger partial charge in [0.1, 0.15) is 13.2 Å². The number of hydrogen-bond acceptors (Lipinski definition) is 6. The molecule has 0 aliphatic carbocycles. The van der Waals surface area contributed by atoms with Crippen LogP contribution in [0.5, 0.6) is 0 Å². The fourth-order valence-electron chi connectivity index (χ4n) is 8.05. The second-order valence-electron chi connectivity index (χ2n) is 18.5. The number of rotatable bonds is 50. The van der Waals surface area contributed by atoms with Gasteiger partial charge in [0.2, 0.25) is 0 Å². The molecule has 368 valence electrons. The molecular weight excluding hydrogens is 781 g/mol. The first-order valence-corrected chi connectivity index (χ1v) is 27.5. The molecule has 0 aliphatic heterocycles. The maximum atomic E-state index is 12.8. The predicted octanol–water partition coefficient (Wildman–Crippen LogP) is 18.1. The number of unbranched alkanes of at least 4 members (excludes halogenated alkanes) is 33. The fourth-order valence-corrected chi connectivity index (χ4v) is 8.05. The van der Waals surface area contributed by atoms with Crippen molar-refractivity contribution in [1.82, 2.24) is 0 Å². The summed E-state index contributed by atoms with van der Waals surface area (Å²) >= 11 is 0. The highest BCUT2D eigenvalue weighted by Gasteiger charge is 2.19. The van der Waals surface area contributed by atoms with Gasteiger partial charge in [-0.2, -0.15) is 0 Å². The summed E-state index contributed by atoms with van der Waals surface area (Å²) in [5, 5.41) is 0.